The topological polar surface area (TPSA) is 203 Å². The number of anilines is 1. The van der Waals surface area contributed by atoms with Crippen molar-refractivity contribution in [3.8, 4) is 0 Å². The Balaban J connectivity index is 1.72. The maximum absolute atomic E-state index is 12.0. The number of aliphatic hydroxyl groups is 2. The number of nitrogens with two attached hydrogens (primary N) is 1. The molecule has 1 aliphatic rings. The number of ketones is 1. The molecule has 0 spiro atoms. The zero-order valence-corrected chi connectivity index (χ0v) is 17.8. The molecule has 3 rings (SSSR count). The van der Waals surface area contributed by atoms with Crippen LogP contribution in [0.4, 0.5) is 5.95 Å². The van der Waals surface area contributed by atoms with E-state index in [1.807, 2.05) is 0 Å². The summed E-state index contributed by atoms with van der Waals surface area (Å²) in [5.74, 6) is -0.705. The number of carbonyl (C=O) groups excluding carboxylic acids is 1. The standard InChI is InChI=1S/C13H17BrN5O8PS/c14-1-5(20)3-29-28(24,25)26-2-6-8(21)9(22)12(27-6)19-4-16-7-10(19)17-13(15)18-11(7)23/h4,6,8-9,12,21-22H,1-3H2,(H,24,25)(H3,15,17,18,23)/t6-,8-,9-,12-/m1/s1. The van der Waals surface area contributed by atoms with Crippen molar-refractivity contribution in [1.29, 1.82) is 0 Å². The van der Waals surface area contributed by atoms with Crippen molar-refractivity contribution in [1.82, 2.24) is 19.5 Å². The highest BCUT2D eigenvalue weighted by molar-refractivity contribution is 9.09. The van der Waals surface area contributed by atoms with Crippen LogP contribution in [0, 0.1) is 0 Å². The molecule has 160 valence electrons. The SMILES string of the molecule is Nc1nc2c(ncn2[C@@H]2O[C@H](COP(=O)(O)SCC(=O)CBr)[C@@H](O)[C@H]2O)c(=O)[nH]1. The van der Waals surface area contributed by atoms with Crippen LogP contribution in [0.1, 0.15) is 6.23 Å². The number of fused-ring (bicyclic) bond motifs is 1. The van der Waals surface area contributed by atoms with E-state index in [9.17, 15) is 29.3 Å². The van der Waals surface area contributed by atoms with Crippen LogP contribution in [0.25, 0.3) is 11.2 Å². The van der Waals surface area contributed by atoms with Crippen LogP contribution in [0.3, 0.4) is 0 Å². The Morgan fingerprint density at radius 2 is 2.21 bits per heavy atom. The molecule has 1 fully saturated rings. The number of halogens is 1. The summed E-state index contributed by atoms with van der Waals surface area (Å²) >= 11 is 3.38. The summed E-state index contributed by atoms with van der Waals surface area (Å²) in [7, 11) is 0. The predicted molar refractivity (Wildman–Crippen MR) is 106 cm³/mol. The third-order valence-electron chi connectivity index (χ3n) is 4.00. The molecule has 29 heavy (non-hydrogen) atoms. The number of ether oxygens (including phenoxy) is 1. The number of H-pyrrole nitrogens is 1. The smallest absolute Gasteiger partial charge is 0.387 e. The number of carbonyl (C=O) groups is 1. The molecule has 13 nitrogen and oxygen atoms in total. The third-order valence-corrected chi connectivity index (χ3v) is 7.56. The number of nitrogens with one attached hydrogen (secondary N) is 1. The van der Waals surface area contributed by atoms with Gasteiger partial charge in [-0.05, 0) is 11.4 Å². The van der Waals surface area contributed by atoms with Gasteiger partial charge in [-0.15, -0.1) is 0 Å². The maximum atomic E-state index is 12.0. The highest BCUT2D eigenvalue weighted by atomic mass is 79.9. The van der Waals surface area contributed by atoms with Crippen LogP contribution in [0.15, 0.2) is 11.1 Å². The fourth-order valence-electron chi connectivity index (χ4n) is 2.62. The van der Waals surface area contributed by atoms with Crippen LogP contribution in [-0.4, -0.2) is 76.4 Å². The first kappa shape index (κ1) is 22.4. The number of hydrogen-bond donors (Lipinski definition) is 5. The molecule has 1 saturated heterocycles. The van der Waals surface area contributed by atoms with E-state index in [0.29, 0.717) is 11.4 Å². The number of aromatic nitrogens is 4. The molecule has 16 heteroatoms. The van der Waals surface area contributed by atoms with Crippen LogP contribution in [-0.2, 0) is 18.6 Å². The van der Waals surface area contributed by atoms with E-state index in [0.717, 1.165) is 0 Å². The number of Topliss-reactive ketones (excluding diaryl/α,β-unsaturated/α-hetero) is 1. The van der Waals surface area contributed by atoms with Gasteiger partial charge in [-0.2, -0.15) is 4.98 Å². The lowest BCUT2D eigenvalue weighted by Crippen LogP contribution is -2.33. The van der Waals surface area contributed by atoms with Crippen LogP contribution in [0.2, 0.25) is 0 Å². The number of rotatable bonds is 8. The van der Waals surface area contributed by atoms with Crippen molar-refractivity contribution in [2.45, 2.75) is 24.5 Å². The average Bonchev–Trinajstić information content (AvgIpc) is 3.20. The first-order valence-corrected chi connectivity index (χ1v) is 12.4. The quantitative estimate of drug-likeness (QED) is 0.216. The molecule has 2 aromatic rings. The van der Waals surface area contributed by atoms with Crippen molar-refractivity contribution in [3.05, 3.63) is 16.7 Å². The fourth-order valence-corrected chi connectivity index (χ4v) is 5.23. The lowest BCUT2D eigenvalue weighted by atomic mass is 10.1. The van der Waals surface area contributed by atoms with Crippen LogP contribution < -0.4 is 11.3 Å². The van der Waals surface area contributed by atoms with Gasteiger partial charge in [0.05, 0.1) is 24.0 Å². The Bertz CT molecular complexity index is 1020. The second-order valence-electron chi connectivity index (χ2n) is 6.03. The van der Waals surface area contributed by atoms with Gasteiger partial charge < -0.3 is 25.6 Å². The molecule has 0 aliphatic carbocycles. The first-order valence-electron chi connectivity index (χ1n) is 8.06. The highest BCUT2D eigenvalue weighted by Gasteiger charge is 2.45. The predicted octanol–water partition coefficient (Wildman–Crippen LogP) is -0.865. The van der Waals surface area contributed by atoms with Crippen LogP contribution in [0.5, 0.6) is 0 Å². The minimum Gasteiger partial charge on any atom is -0.387 e. The van der Waals surface area contributed by atoms with Gasteiger partial charge in [-0.25, -0.2) is 9.55 Å². The Hall–Kier alpha value is -1.32. The molecule has 0 amide bonds. The maximum Gasteiger partial charge on any atom is 0.387 e. The van der Waals surface area contributed by atoms with Gasteiger partial charge in [0.2, 0.25) is 5.95 Å². The normalized spacial score (nSPS) is 26.6. The van der Waals surface area contributed by atoms with Crippen molar-refractivity contribution in [3.63, 3.8) is 0 Å². The molecule has 5 atom stereocenters. The monoisotopic (exact) mass is 513 g/mol. The summed E-state index contributed by atoms with van der Waals surface area (Å²) in [6.07, 6.45) is -4.11. The number of alkyl halides is 1. The van der Waals surface area contributed by atoms with Gasteiger partial charge >= 0.3 is 6.80 Å². The molecule has 1 aliphatic heterocycles. The van der Waals surface area contributed by atoms with E-state index < -0.39 is 43.5 Å². The van der Waals surface area contributed by atoms with Crippen molar-refractivity contribution in [2.75, 3.05) is 23.4 Å². The summed E-state index contributed by atoms with van der Waals surface area (Å²) in [4.78, 5) is 43.0. The van der Waals surface area contributed by atoms with Gasteiger partial charge in [-0.1, -0.05) is 15.9 Å². The van der Waals surface area contributed by atoms with E-state index in [-0.39, 0.29) is 34.0 Å². The van der Waals surface area contributed by atoms with E-state index in [4.69, 9.17) is 15.0 Å². The lowest BCUT2D eigenvalue weighted by molar-refractivity contribution is -0.114. The van der Waals surface area contributed by atoms with E-state index in [2.05, 4.69) is 30.9 Å². The molecule has 1 unspecified atom stereocenters. The lowest BCUT2D eigenvalue weighted by Gasteiger charge is -2.17. The summed E-state index contributed by atoms with van der Waals surface area (Å²) in [5, 5.41) is 20.6. The summed E-state index contributed by atoms with van der Waals surface area (Å²) in [5.41, 5.74) is 4.92. The Labute approximate surface area is 175 Å². The van der Waals surface area contributed by atoms with Gasteiger partial charge in [-0.3, -0.25) is 23.7 Å². The molecule has 0 bridgehead atoms. The third kappa shape index (κ3) is 4.88. The summed E-state index contributed by atoms with van der Waals surface area (Å²) in [6, 6.07) is 0. The molecule has 0 radical (unpaired) electrons. The van der Waals surface area contributed by atoms with Crippen molar-refractivity contribution in [2.24, 2.45) is 0 Å². The molecule has 0 saturated carbocycles. The van der Waals surface area contributed by atoms with Gasteiger partial charge in [0.15, 0.2) is 23.2 Å². The average molecular weight is 514 g/mol. The zero-order chi connectivity index (χ0) is 21.3. The minimum atomic E-state index is -4.18. The number of nitrogen functional groups attached to an aromatic ring is 1. The van der Waals surface area contributed by atoms with Gasteiger partial charge in [0, 0.05) is 0 Å². The van der Waals surface area contributed by atoms with Gasteiger partial charge in [0.25, 0.3) is 5.56 Å². The molecule has 0 aromatic carbocycles. The summed E-state index contributed by atoms with van der Waals surface area (Å²) in [6.45, 7) is -4.71. The fraction of sp³-hybridized carbons (Fsp3) is 0.538. The number of nitrogens with zero attached hydrogens (tertiary/aromatic N) is 3. The molecule has 6 N–H and O–H groups in total. The van der Waals surface area contributed by atoms with Crippen LogP contribution >= 0.6 is 34.1 Å². The number of aromatic amines is 1. The number of aliphatic hydroxyl groups excluding tert-OH is 2. The highest BCUT2D eigenvalue weighted by Crippen LogP contribution is 2.56. The van der Waals surface area contributed by atoms with E-state index in [1.165, 1.54) is 10.9 Å². The first-order chi connectivity index (χ1) is 13.6. The second-order valence-corrected chi connectivity index (χ2v) is 10.5. The van der Waals surface area contributed by atoms with E-state index in [1.54, 1.807) is 0 Å². The summed E-state index contributed by atoms with van der Waals surface area (Å²) < 4.78 is 23.7. The molecule has 2 aromatic heterocycles. The molecule has 3 heterocycles. The van der Waals surface area contributed by atoms with Gasteiger partial charge in [0.1, 0.15) is 18.3 Å². The minimum absolute atomic E-state index is 0.0285. The Morgan fingerprint density at radius 3 is 2.90 bits per heavy atom. The largest absolute Gasteiger partial charge is 0.387 e. The zero-order valence-electron chi connectivity index (χ0n) is 14.5. The van der Waals surface area contributed by atoms with Crippen molar-refractivity contribution < 1.29 is 33.7 Å². The number of imidazole rings is 1. The number of hydrogen-bond acceptors (Lipinski definition) is 11. The Morgan fingerprint density at radius 1 is 1.48 bits per heavy atom. The van der Waals surface area contributed by atoms with E-state index >= 15 is 0 Å². The second kappa shape index (κ2) is 8.81. The van der Waals surface area contributed by atoms with Crippen molar-refractivity contribution >= 4 is 57.0 Å². The molecular formula is C13H17BrN5O8PS. The Kier molecular flexibility index (Phi) is 6.80. The molecular weight excluding hydrogens is 497 g/mol.